The van der Waals surface area contributed by atoms with Crippen LogP contribution >= 0.6 is 11.6 Å². The van der Waals surface area contributed by atoms with Crippen molar-refractivity contribution in [1.82, 2.24) is 5.32 Å². The Bertz CT molecular complexity index is 399. The van der Waals surface area contributed by atoms with Gasteiger partial charge in [0.05, 0.1) is 0 Å². The van der Waals surface area contributed by atoms with E-state index in [9.17, 15) is 0 Å². The van der Waals surface area contributed by atoms with Crippen LogP contribution in [0.25, 0.3) is 0 Å². The molecule has 100 valence electrons. The van der Waals surface area contributed by atoms with Gasteiger partial charge in [0.2, 0.25) is 0 Å². The molecule has 0 aliphatic heterocycles. The summed E-state index contributed by atoms with van der Waals surface area (Å²) in [5, 5.41) is 4.05. The smallest absolute Gasteiger partial charge is 0.0415 e. The second kappa shape index (κ2) is 5.94. The third-order valence-electron chi connectivity index (χ3n) is 3.49. The zero-order chi connectivity index (χ0) is 13.1. The second-order valence-electron chi connectivity index (χ2n) is 5.49. The monoisotopic (exact) mass is 266 g/mol. The lowest BCUT2D eigenvalue weighted by Gasteiger charge is -2.31. The highest BCUT2D eigenvalue weighted by molar-refractivity contribution is 6.30. The van der Waals surface area contributed by atoms with E-state index in [-0.39, 0.29) is 0 Å². The molecule has 0 saturated heterocycles. The quantitative estimate of drug-likeness (QED) is 0.845. The van der Waals surface area contributed by atoms with Gasteiger partial charge >= 0.3 is 0 Å². The molecule has 2 nitrogen and oxygen atoms in total. The van der Waals surface area contributed by atoms with Crippen LogP contribution in [0.5, 0.6) is 0 Å². The predicted molar refractivity (Wildman–Crippen MR) is 79.4 cm³/mol. The van der Waals surface area contributed by atoms with Crippen LogP contribution in [0.1, 0.15) is 32.3 Å². The largest absolute Gasteiger partial charge is 0.369 e. The SMILES string of the molecule is CNCc1cc(Cl)ccc1N(CC1CC1)C(C)C. The van der Waals surface area contributed by atoms with E-state index in [1.807, 2.05) is 13.1 Å². The molecule has 1 aromatic rings. The van der Waals surface area contributed by atoms with Gasteiger partial charge in [0.1, 0.15) is 0 Å². The van der Waals surface area contributed by atoms with Crippen LogP contribution in [-0.4, -0.2) is 19.6 Å². The Morgan fingerprint density at radius 3 is 2.67 bits per heavy atom. The molecule has 1 N–H and O–H groups in total. The van der Waals surface area contributed by atoms with Crippen molar-refractivity contribution in [3.63, 3.8) is 0 Å². The first kappa shape index (κ1) is 13.7. The molecule has 18 heavy (non-hydrogen) atoms. The maximum absolute atomic E-state index is 6.11. The summed E-state index contributed by atoms with van der Waals surface area (Å²) in [6, 6.07) is 6.77. The van der Waals surface area contributed by atoms with E-state index in [0.717, 1.165) is 17.5 Å². The molecule has 0 bridgehead atoms. The summed E-state index contributed by atoms with van der Waals surface area (Å²) in [6.07, 6.45) is 2.77. The molecule has 1 saturated carbocycles. The van der Waals surface area contributed by atoms with Crippen LogP contribution in [0.4, 0.5) is 5.69 Å². The number of anilines is 1. The standard InChI is InChI=1S/C15H23ClN2/c1-11(2)18(10-12-4-5-12)15-7-6-14(16)8-13(15)9-17-3/h6-8,11-12,17H,4-5,9-10H2,1-3H3. The lowest BCUT2D eigenvalue weighted by atomic mass is 10.1. The topological polar surface area (TPSA) is 15.3 Å². The molecule has 1 aliphatic rings. The molecule has 0 aromatic heterocycles. The Hall–Kier alpha value is -0.730. The van der Waals surface area contributed by atoms with E-state index in [1.165, 1.54) is 30.6 Å². The Morgan fingerprint density at radius 1 is 1.39 bits per heavy atom. The average molecular weight is 267 g/mol. The normalized spacial score (nSPS) is 15.2. The molecule has 3 heteroatoms. The molecule has 2 rings (SSSR count). The summed E-state index contributed by atoms with van der Waals surface area (Å²) >= 11 is 6.11. The highest BCUT2D eigenvalue weighted by Crippen LogP contribution is 2.34. The third-order valence-corrected chi connectivity index (χ3v) is 3.73. The third kappa shape index (κ3) is 3.39. The van der Waals surface area contributed by atoms with Crippen molar-refractivity contribution in [1.29, 1.82) is 0 Å². The summed E-state index contributed by atoms with van der Waals surface area (Å²) < 4.78 is 0. The van der Waals surface area contributed by atoms with Crippen molar-refractivity contribution in [3.05, 3.63) is 28.8 Å². The fourth-order valence-corrected chi connectivity index (χ4v) is 2.53. The Labute approximate surface area is 115 Å². The highest BCUT2D eigenvalue weighted by Gasteiger charge is 2.26. The Morgan fingerprint density at radius 2 is 2.11 bits per heavy atom. The van der Waals surface area contributed by atoms with E-state index >= 15 is 0 Å². The van der Waals surface area contributed by atoms with Crippen molar-refractivity contribution < 1.29 is 0 Å². The van der Waals surface area contributed by atoms with Gasteiger partial charge in [-0.15, -0.1) is 0 Å². The molecular weight excluding hydrogens is 244 g/mol. The average Bonchev–Trinajstić information content (AvgIpc) is 3.11. The van der Waals surface area contributed by atoms with Gasteiger partial charge in [-0.1, -0.05) is 11.6 Å². The van der Waals surface area contributed by atoms with Gasteiger partial charge in [-0.3, -0.25) is 0 Å². The van der Waals surface area contributed by atoms with Gasteiger partial charge in [-0.05, 0) is 63.4 Å². The lowest BCUT2D eigenvalue weighted by molar-refractivity contribution is 0.639. The van der Waals surface area contributed by atoms with Crippen LogP contribution in [0.2, 0.25) is 5.02 Å². The first-order chi connectivity index (χ1) is 8.61. The maximum Gasteiger partial charge on any atom is 0.0415 e. The minimum Gasteiger partial charge on any atom is -0.369 e. The van der Waals surface area contributed by atoms with Gasteiger partial charge in [-0.2, -0.15) is 0 Å². The molecular formula is C15H23ClN2. The molecule has 0 amide bonds. The Balaban J connectivity index is 2.26. The summed E-state index contributed by atoms with van der Waals surface area (Å²) in [7, 11) is 1.98. The Kier molecular flexibility index (Phi) is 4.52. The number of nitrogens with zero attached hydrogens (tertiary/aromatic N) is 1. The van der Waals surface area contributed by atoms with Crippen LogP contribution < -0.4 is 10.2 Å². The molecule has 0 atom stereocenters. The van der Waals surface area contributed by atoms with Crippen LogP contribution in [-0.2, 0) is 6.54 Å². The van der Waals surface area contributed by atoms with Gasteiger partial charge in [-0.25, -0.2) is 0 Å². The van der Waals surface area contributed by atoms with Crippen molar-refractivity contribution >= 4 is 17.3 Å². The number of hydrogen-bond acceptors (Lipinski definition) is 2. The zero-order valence-electron chi connectivity index (χ0n) is 11.5. The number of halogens is 1. The predicted octanol–water partition coefficient (Wildman–Crippen LogP) is 3.68. The van der Waals surface area contributed by atoms with E-state index in [1.54, 1.807) is 0 Å². The van der Waals surface area contributed by atoms with Gasteiger partial charge in [0, 0.05) is 29.8 Å². The van der Waals surface area contributed by atoms with Crippen molar-refractivity contribution in [2.24, 2.45) is 5.92 Å². The number of rotatable bonds is 6. The van der Waals surface area contributed by atoms with Crippen LogP contribution in [0.15, 0.2) is 18.2 Å². The molecule has 0 unspecified atom stereocenters. The molecule has 1 aromatic carbocycles. The summed E-state index contributed by atoms with van der Waals surface area (Å²) in [5.41, 5.74) is 2.62. The van der Waals surface area contributed by atoms with Crippen molar-refractivity contribution in [3.8, 4) is 0 Å². The summed E-state index contributed by atoms with van der Waals surface area (Å²) in [4.78, 5) is 2.51. The lowest BCUT2D eigenvalue weighted by Crippen LogP contribution is -2.33. The van der Waals surface area contributed by atoms with Gasteiger partial charge in [0.25, 0.3) is 0 Å². The number of benzene rings is 1. The van der Waals surface area contributed by atoms with Crippen molar-refractivity contribution in [2.45, 2.75) is 39.3 Å². The fourth-order valence-electron chi connectivity index (χ4n) is 2.33. The van der Waals surface area contributed by atoms with Gasteiger partial charge < -0.3 is 10.2 Å². The van der Waals surface area contributed by atoms with E-state index in [2.05, 4.69) is 36.2 Å². The highest BCUT2D eigenvalue weighted by atomic mass is 35.5. The molecule has 1 fully saturated rings. The van der Waals surface area contributed by atoms with E-state index < -0.39 is 0 Å². The first-order valence-corrected chi connectivity index (χ1v) is 7.19. The maximum atomic E-state index is 6.11. The van der Waals surface area contributed by atoms with Gasteiger partial charge in [0.15, 0.2) is 0 Å². The number of hydrogen-bond donors (Lipinski definition) is 1. The molecule has 0 spiro atoms. The molecule has 0 radical (unpaired) electrons. The number of nitrogens with one attached hydrogen (secondary N) is 1. The molecule has 1 aliphatic carbocycles. The van der Waals surface area contributed by atoms with Crippen LogP contribution in [0.3, 0.4) is 0 Å². The van der Waals surface area contributed by atoms with E-state index in [0.29, 0.717) is 6.04 Å². The zero-order valence-corrected chi connectivity index (χ0v) is 12.3. The van der Waals surface area contributed by atoms with Crippen molar-refractivity contribution in [2.75, 3.05) is 18.5 Å². The fraction of sp³-hybridized carbons (Fsp3) is 0.600. The minimum absolute atomic E-state index is 0.530. The second-order valence-corrected chi connectivity index (χ2v) is 5.93. The summed E-state index contributed by atoms with van der Waals surface area (Å²) in [5.74, 6) is 0.894. The minimum atomic E-state index is 0.530. The summed E-state index contributed by atoms with van der Waals surface area (Å²) in [6.45, 7) is 6.57. The first-order valence-electron chi connectivity index (χ1n) is 6.81. The van der Waals surface area contributed by atoms with Crippen LogP contribution in [0, 0.1) is 5.92 Å². The van der Waals surface area contributed by atoms with E-state index in [4.69, 9.17) is 11.6 Å². The molecule has 0 heterocycles.